The molecule has 3 aromatic rings. The molecule has 23 heavy (non-hydrogen) atoms. The van der Waals surface area contributed by atoms with Crippen LogP contribution in [0.2, 0.25) is 0 Å². The lowest BCUT2D eigenvalue weighted by molar-refractivity contribution is 0.102. The van der Waals surface area contributed by atoms with Crippen LogP contribution in [-0.2, 0) is 0 Å². The first kappa shape index (κ1) is 15.7. The standard InChI is InChI=1S/C18H18BrN3O/c1-10-7-15(19)17-20-13(4)16(22(17)9-10)18(23)21-14-6-5-11(2)12(3)8-14/h5-9H,1-4H3,(H,21,23). The largest absolute Gasteiger partial charge is 0.321 e. The third-order valence-electron chi connectivity index (χ3n) is 3.97. The van der Waals surface area contributed by atoms with Crippen molar-refractivity contribution in [2.45, 2.75) is 27.7 Å². The Morgan fingerprint density at radius 3 is 2.57 bits per heavy atom. The van der Waals surface area contributed by atoms with Gasteiger partial charge in [0, 0.05) is 11.9 Å². The van der Waals surface area contributed by atoms with Crippen molar-refractivity contribution in [2.75, 3.05) is 5.32 Å². The summed E-state index contributed by atoms with van der Waals surface area (Å²) < 4.78 is 2.72. The Balaban J connectivity index is 2.04. The lowest BCUT2D eigenvalue weighted by Crippen LogP contribution is -2.16. The number of nitrogens with one attached hydrogen (secondary N) is 1. The Morgan fingerprint density at radius 2 is 1.87 bits per heavy atom. The van der Waals surface area contributed by atoms with Crippen molar-refractivity contribution in [3.05, 3.63) is 63.0 Å². The number of anilines is 1. The fourth-order valence-electron chi connectivity index (χ4n) is 2.63. The number of rotatable bonds is 2. The highest BCUT2D eigenvalue weighted by Crippen LogP contribution is 2.23. The number of halogens is 1. The number of fused-ring (bicyclic) bond motifs is 1. The van der Waals surface area contributed by atoms with Gasteiger partial charge in [0.1, 0.15) is 5.69 Å². The summed E-state index contributed by atoms with van der Waals surface area (Å²) in [5.41, 5.74) is 6.21. The van der Waals surface area contributed by atoms with Crippen LogP contribution < -0.4 is 5.32 Å². The van der Waals surface area contributed by atoms with Gasteiger partial charge >= 0.3 is 0 Å². The van der Waals surface area contributed by atoms with Crippen molar-refractivity contribution in [1.82, 2.24) is 9.38 Å². The summed E-state index contributed by atoms with van der Waals surface area (Å²) >= 11 is 3.51. The van der Waals surface area contributed by atoms with E-state index in [0.29, 0.717) is 11.4 Å². The molecule has 0 bridgehead atoms. The maximum absolute atomic E-state index is 12.7. The van der Waals surface area contributed by atoms with Gasteiger partial charge in [-0.1, -0.05) is 6.07 Å². The van der Waals surface area contributed by atoms with Crippen molar-refractivity contribution >= 4 is 33.2 Å². The van der Waals surface area contributed by atoms with Gasteiger partial charge in [0.25, 0.3) is 5.91 Å². The van der Waals surface area contributed by atoms with Crippen LogP contribution in [0.1, 0.15) is 32.9 Å². The maximum Gasteiger partial charge on any atom is 0.274 e. The number of carbonyl (C=O) groups excluding carboxylic acids is 1. The average molecular weight is 372 g/mol. The van der Waals surface area contributed by atoms with Crippen LogP contribution in [0.4, 0.5) is 5.69 Å². The van der Waals surface area contributed by atoms with E-state index in [4.69, 9.17) is 0 Å². The van der Waals surface area contributed by atoms with Crippen molar-refractivity contribution < 1.29 is 4.79 Å². The molecule has 4 nitrogen and oxygen atoms in total. The van der Waals surface area contributed by atoms with Gasteiger partial charge in [-0.25, -0.2) is 4.98 Å². The molecule has 1 amide bonds. The molecule has 1 aromatic carbocycles. The van der Waals surface area contributed by atoms with Gasteiger partial charge in [0.2, 0.25) is 0 Å². The summed E-state index contributed by atoms with van der Waals surface area (Å²) in [6.45, 7) is 7.93. The third kappa shape index (κ3) is 2.88. The molecule has 3 rings (SSSR count). The average Bonchev–Trinajstić information content (AvgIpc) is 2.79. The Bertz CT molecular complexity index is 928. The van der Waals surface area contributed by atoms with E-state index in [9.17, 15) is 4.79 Å². The van der Waals surface area contributed by atoms with E-state index in [1.165, 1.54) is 5.56 Å². The van der Waals surface area contributed by atoms with Crippen molar-refractivity contribution in [1.29, 1.82) is 0 Å². The van der Waals surface area contributed by atoms with Crippen molar-refractivity contribution in [3.8, 4) is 0 Å². The number of imidazole rings is 1. The van der Waals surface area contributed by atoms with Crippen LogP contribution in [0.3, 0.4) is 0 Å². The maximum atomic E-state index is 12.7. The summed E-state index contributed by atoms with van der Waals surface area (Å²) in [6.07, 6.45) is 1.93. The number of aromatic nitrogens is 2. The molecule has 0 aliphatic carbocycles. The lowest BCUT2D eigenvalue weighted by atomic mass is 10.1. The van der Waals surface area contributed by atoms with Gasteiger partial charge in [0.05, 0.1) is 10.2 Å². The second-order valence-corrected chi connectivity index (χ2v) is 6.71. The van der Waals surface area contributed by atoms with Crippen LogP contribution in [-0.4, -0.2) is 15.3 Å². The number of amides is 1. The molecule has 0 fully saturated rings. The first-order valence-corrected chi connectivity index (χ1v) is 8.19. The minimum absolute atomic E-state index is 0.157. The molecule has 2 heterocycles. The zero-order chi connectivity index (χ0) is 16.7. The third-order valence-corrected chi connectivity index (χ3v) is 4.55. The lowest BCUT2D eigenvalue weighted by Gasteiger charge is -2.09. The van der Waals surface area contributed by atoms with Gasteiger partial charge in [-0.05, 0) is 78.5 Å². The van der Waals surface area contributed by atoms with Gasteiger partial charge in [0.15, 0.2) is 5.65 Å². The van der Waals surface area contributed by atoms with Crippen LogP contribution in [0, 0.1) is 27.7 Å². The number of hydrogen-bond donors (Lipinski definition) is 1. The summed E-state index contributed by atoms with van der Waals surface area (Å²) in [4.78, 5) is 17.2. The number of nitrogens with zero attached hydrogens (tertiary/aromatic N) is 2. The SMILES string of the molecule is Cc1cc(Br)c2nc(C)c(C(=O)Nc3ccc(C)c(C)c3)n2c1. The fraction of sp³-hybridized carbons (Fsp3) is 0.222. The number of aryl methyl sites for hydroxylation is 4. The summed E-state index contributed by atoms with van der Waals surface area (Å²) in [7, 11) is 0. The first-order valence-electron chi connectivity index (χ1n) is 7.40. The van der Waals surface area contributed by atoms with E-state index in [-0.39, 0.29) is 5.91 Å². The zero-order valence-corrected chi connectivity index (χ0v) is 15.2. The van der Waals surface area contributed by atoms with E-state index < -0.39 is 0 Å². The smallest absolute Gasteiger partial charge is 0.274 e. The summed E-state index contributed by atoms with van der Waals surface area (Å²) in [5.74, 6) is -0.157. The van der Waals surface area contributed by atoms with Crippen molar-refractivity contribution in [2.24, 2.45) is 0 Å². The first-order chi connectivity index (χ1) is 10.9. The highest BCUT2D eigenvalue weighted by atomic mass is 79.9. The normalized spacial score (nSPS) is 11.0. The predicted octanol–water partition coefficient (Wildman–Crippen LogP) is 4.58. The van der Waals surface area contributed by atoms with Gasteiger partial charge in [-0.2, -0.15) is 0 Å². The quantitative estimate of drug-likeness (QED) is 0.716. The van der Waals surface area contributed by atoms with Crippen LogP contribution in [0.25, 0.3) is 5.65 Å². The number of benzene rings is 1. The molecule has 0 aliphatic heterocycles. The Labute approximate surface area is 143 Å². The van der Waals surface area contributed by atoms with Gasteiger partial charge in [-0.15, -0.1) is 0 Å². The minimum Gasteiger partial charge on any atom is -0.321 e. The minimum atomic E-state index is -0.157. The Kier molecular flexibility index (Phi) is 3.98. The number of carbonyl (C=O) groups is 1. The molecule has 0 saturated carbocycles. The number of pyridine rings is 1. The van der Waals surface area contributed by atoms with E-state index in [2.05, 4.69) is 33.2 Å². The monoisotopic (exact) mass is 371 g/mol. The molecule has 0 unspecified atom stereocenters. The van der Waals surface area contributed by atoms with Gasteiger partial charge < -0.3 is 5.32 Å². The summed E-state index contributed by atoms with van der Waals surface area (Å²) in [5, 5.41) is 2.97. The van der Waals surface area contributed by atoms with E-state index >= 15 is 0 Å². The van der Waals surface area contributed by atoms with E-state index in [1.54, 1.807) is 0 Å². The van der Waals surface area contributed by atoms with Gasteiger partial charge in [-0.3, -0.25) is 9.20 Å². The molecule has 0 saturated heterocycles. The Hall–Kier alpha value is -2.14. The summed E-state index contributed by atoms with van der Waals surface area (Å²) in [6, 6.07) is 7.90. The second kappa shape index (κ2) is 5.81. The fourth-order valence-corrected chi connectivity index (χ4v) is 3.27. The van der Waals surface area contributed by atoms with E-state index in [1.807, 2.05) is 55.6 Å². The van der Waals surface area contributed by atoms with Crippen molar-refractivity contribution in [3.63, 3.8) is 0 Å². The van der Waals surface area contributed by atoms with E-state index in [0.717, 1.165) is 26.9 Å². The highest BCUT2D eigenvalue weighted by Gasteiger charge is 2.18. The van der Waals surface area contributed by atoms with Crippen LogP contribution >= 0.6 is 15.9 Å². The second-order valence-electron chi connectivity index (χ2n) is 5.86. The molecule has 0 aliphatic rings. The van der Waals surface area contributed by atoms with Crippen LogP contribution in [0.15, 0.2) is 34.9 Å². The topological polar surface area (TPSA) is 46.4 Å². The molecule has 0 radical (unpaired) electrons. The number of hydrogen-bond acceptors (Lipinski definition) is 2. The molecule has 0 spiro atoms. The molecular weight excluding hydrogens is 354 g/mol. The molecule has 118 valence electrons. The van der Waals surface area contributed by atoms with Crippen LogP contribution in [0.5, 0.6) is 0 Å². The molecule has 0 atom stereocenters. The Morgan fingerprint density at radius 1 is 1.13 bits per heavy atom. The molecular formula is C18H18BrN3O. The zero-order valence-electron chi connectivity index (χ0n) is 13.6. The highest BCUT2D eigenvalue weighted by molar-refractivity contribution is 9.10. The predicted molar refractivity (Wildman–Crippen MR) is 96.2 cm³/mol. The molecule has 5 heteroatoms. The molecule has 1 N–H and O–H groups in total. The molecule has 2 aromatic heterocycles.